The molecule has 0 aliphatic rings. The third-order valence-electron chi connectivity index (χ3n) is 2.83. The second-order valence-electron chi connectivity index (χ2n) is 6.21. The Balaban J connectivity index is 0.00000484. The molecule has 0 saturated carbocycles. The molecule has 23 heavy (non-hydrogen) atoms. The van der Waals surface area contributed by atoms with Crippen molar-refractivity contribution < 1.29 is 4.79 Å². The maximum atomic E-state index is 11.7. The minimum Gasteiger partial charge on any atom is -0.356 e. The number of pyridine rings is 1. The van der Waals surface area contributed by atoms with E-state index in [4.69, 9.17) is 0 Å². The van der Waals surface area contributed by atoms with Gasteiger partial charge < -0.3 is 16.0 Å². The van der Waals surface area contributed by atoms with E-state index in [9.17, 15) is 4.79 Å². The fourth-order valence-corrected chi connectivity index (χ4v) is 1.82. The Kier molecular flexibility index (Phi) is 9.78. The minimum absolute atomic E-state index is 0. The maximum Gasteiger partial charge on any atom is 0.239 e. The summed E-state index contributed by atoms with van der Waals surface area (Å²) in [5.41, 5.74) is 1.95. The summed E-state index contributed by atoms with van der Waals surface area (Å²) in [7, 11) is 1.68. The number of hydrogen-bond donors (Lipinski definition) is 3. The lowest BCUT2D eigenvalue weighted by molar-refractivity contribution is -0.121. The molecule has 0 aliphatic heterocycles. The standard InChI is InChI=1S/C16H27N5O.HI/c1-12-6-7-13(10-19-12)8-9-18-15(17-5)20-11-14(22)21-16(2,3)4;/h6-7,10H,8-9,11H2,1-5H3,(H,21,22)(H2,17,18,20);1H. The number of guanidine groups is 1. The first-order chi connectivity index (χ1) is 10.3. The van der Waals surface area contributed by atoms with E-state index in [2.05, 4.69) is 32.0 Å². The van der Waals surface area contributed by atoms with Gasteiger partial charge in [0, 0.05) is 31.0 Å². The number of halogens is 1. The Morgan fingerprint density at radius 2 is 1.96 bits per heavy atom. The van der Waals surface area contributed by atoms with Gasteiger partial charge in [0.25, 0.3) is 0 Å². The van der Waals surface area contributed by atoms with Crippen molar-refractivity contribution in [2.75, 3.05) is 20.1 Å². The largest absolute Gasteiger partial charge is 0.356 e. The maximum absolute atomic E-state index is 11.7. The summed E-state index contributed by atoms with van der Waals surface area (Å²) in [5.74, 6) is 0.558. The molecule has 0 saturated heterocycles. The molecule has 0 aromatic carbocycles. The summed E-state index contributed by atoms with van der Waals surface area (Å²) in [4.78, 5) is 20.1. The zero-order valence-electron chi connectivity index (χ0n) is 14.6. The van der Waals surface area contributed by atoms with Gasteiger partial charge in [-0.3, -0.25) is 14.8 Å². The molecule has 0 unspecified atom stereocenters. The molecule has 0 bridgehead atoms. The topological polar surface area (TPSA) is 78.4 Å². The molecule has 1 amide bonds. The van der Waals surface area contributed by atoms with Crippen LogP contribution in [0, 0.1) is 6.92 Å². The highest BCUT2D eigenvalue weighted by Crippen LogP contribution is 1.99. The first kappa shape index (κ1) is 21.6. The first-order valence-electron chi connectivity index (χ1n) is 7.47. The smallest absolute Gasteiger partial charge is 0.239 e. The van der Waals surface area contributed by atoms with Crippen molar-refractivity contribution in [2.45, 2.75) is 39.7 Å². The van der Waals surface area contributed by atoms with Crippen LogP contribution < -0.4 is 16.0 Å². The predicted octanol–water partition coefficient (Wildman–Crippen LogP) is 1.63. The quantitative estimate of drug-likeness (QED) is 0.375. The van der Waals surface area contributed by atoms with Crippen molar-refractivity contribution in [1.82, 2.24) is 20.9 Å². The molecule has 6 nitrogen and oxygen atoms in total. The van der Waals surface area contributed by atoms with Gasteiger partial charge in [0.05, 0.1) is 6.54 Å². The average molecular weight is 433 g/mol. The van der Waals surface area contributed by atoms with Crippen LogP contribution in [0.15, 0.2) is 23.3 Å². The van der Waals surface area contributed by atoms with Gasteiger partial charge in [-0.1, -0.05) is 6.07 Å². The summed E-state index contributed by atoms with van der Waals surface area (Å²) in [6, 6.07) is 4.07. The second-order valence-corrected chi connectivity index (χ2v) is 6.21. The molecular formula is C16H28IN5O. The number of aliphatic imine (C=N–C) groups is 1. The first-order valence-corrected chi connectivity index (χ1v) is 7.47. The van der Waals surface area contributed by atoms with E-state index >= 15 is 0 Å². The van der Waals surface area contributed by atoms with E-state index in [1.54, 1.807) is 7.05 Å². The highest BCUT2D eigenvalue weighted by atomic mass is 127. The van der Waals surface area contributed by atoms with Crippen LogP contribution in [0.5, 0.6) is 0 Å². The van der Waals surface area contributed by atoms with Crippen molar-refractivity contribution in [1.29, 1.82) is 0 Å². The molecular weight excluding hydrogens is 405 g/mol. The highest BCUT2D eigenvalue weighted by molar-refractivity contribution is 14.0. The molecule has 130 valence electrons. The summed E-state index contributed by atoms with van der Waals surface area (Å²) >= 11 is 0. The number of aromatic nitrogens is 1. The van der Waals surface area contributed by atoms with Gasteiger partial charge in [0.1, 0.15) is 0 Å². The molecule has 1 aromatic rings. The van der Waals surface area contributed by atoms with Crippen LogP contribution in [0.1, 0.15) is 32.0 Å². The molecule has 1 rings (SSSR count). The second kappa shape index (κ2) is 10.4. The summed E-state index contributed by atoms with van der Waals surface area (Å²) in [6.45, 7) is 8.75. The van der Waals surface area contributed by atoms with Crippen LogP contribution >= 0.6 is 24.0 Å². The van der Waals surface area contributed by atoms with E-state index in [-0.39, 0.29) is 42.0 Å². The SMILES string of the molecule is CN=C(NCCc1ccc(C)nc1)NCC(=O)NC(C)(C)C.I. The zero-order valence-corrected chi connectivity index (χ0v) is 16.9. The normalized spacial score (nSPS) is 11.4. The van der Waals surface area contributed by atoms with Crippen LogP contribution in [0.2, 0.25) is 0 Å². The van der Waals surface area contributed by atoms with Gasteiger partial charge in [-0.15, -0.1) is 24.0 Å². The van der Waals surface area contributed by atoms with Crippen LogP contribution in [-0.4, -0.2) is 42.5 Å². The van der Waals surface area contributed by atoms with E-state index < -0.39 is 0 Å². The van der Waals surface area contributed by atoms with Crippen molar-refractivity contribution in [3.8, 4) is 0 Å². The van der Waals surface area contributed by atoms with E-state index in [1.807, 2.05) is 40.0 Å². The lowest BCUT2D eigenvalue weighted by Crippen LogP contribution is -2.48. The monoisotopic (exact) mass is 433 g/mol. The number of aryl methyl sites for hydroxylation is 1. The molecule has 0 aliphatic carbocycles. The van der Waals surface area contributed by atoms with Gasteiger partial charge in [-0.2, -0.15) is 0 Å². The van der Waals surface area contributed by atoms with Gasteiger partial charge in [0.2, 0.25) is 5.91 Å². The number of carbonyl (C=O) groups is 1. The van der Waals surface area contributed by atoms with Crippen molar-refractivity contribution in [3.05, 3.63) is 29.6 Å². The number of hydrogen-bond acceptors (Lipinski definition) is 3. The molecule has 0 atom stereocenters. The van der Waals surface area contributed by atoms with Crippen molar-refractivity contribution in [2.24, 2.45) is 4.99 Å². The van der Waals surface area contributed by atoms with Crippen molar-refractivity contribution in [3.63, 3.8) is 0 Å². The molecule has 0 fully saturated rings. The number of nitrogens with one attached hydrogen (secondary N) is 3. The highest BCUT2D eigenvalue weighted by Gasteiger charge is 2.13. The summed E-state index contributed by atoms with van der Waals surface area (Å²) < 4.78 is 0. The third kappa shape index (κ3) is 10.1. The van der Waals surface area contributed by atoms with Crippen LogP contribution in [0.4, 0.5) is 0 Å². The molecule has 1 aromatic heterocycles. The Labute approximate surface area is 156 Å². The Morgan fingerprint density at radius 3 is 2.48 bits per heavy atom. The summed E-state index contributed by atoms with van der Waals surface area (Å²) in [6.07, 6.45) is 2.73. The molecule has 0 radical (unpaired) electrons. The molecule has 7 heteroatoms. The fraction of sp³-hybridized carbons (Fsp3) is 0.562. The molecule has 0 spiro atoms. The van der Waals surface area contributed by atoms with Gasteiger partial charge in [-0.05, 0) is 45.7 Å². The van der Waals surface area contributed by atoms with Gasteiger partial charge >= 0.3 is 0 Å². The van der Waals surface area contributed by atoms with Gasteiger partial charge in [-0.25, -0.2) is 0 Å². The van der Waals surface area contributed by atoms with E-state index in [1.165, 1.54) is 5.56 Å². The Morgan fingerprint density at radius 1 is 1.26 bits per heavy atom. The summed E-state index contributed by atoms with van der Waals surface area (Å²) in [5, 5.41) is 9.07. The predicted molar refractivity (Wildman–Crippen MR) is 105 cm³/mol. The third-order valence-corrected chi connectivity index (χ3v) is 2.83. The minimum atomic E-state index is -0.228. The number of carbonyl (C=O) groups excluding carboxylic acids is 1. The fourth-order valence-electron chi connectivity index (χ4n) is 1.82. The lowest BCUT2D eigenvalue weighted by atomic mass is 10.1. The zero-order chi connectivity index (χ0) is 16.6. The number of nitrogens with zero attached hydrogens (tertiary/aromatic N) is 2. The van der Waals surface area contributed by atoms with Crippen LogP contribution in [-0.2, 0) is 11.2 Å². The lowest BCUT2D eigenvalue weighted by Gasteiger charge is -2.21. The van der Waals surface area contributed by atoms with Crippen LogP contribution in [0.25, 0.3) is 0 Å². The van der Waals surface area contributed by atoms with Gasteiger partial charge in [0.15, 0.2) is 5.96 Å². The Bertz CT molecular complexity index is 508. The number of amides is 1. The van der Waals surface area contributed by atoms with Crippen LogP contribution in [0.3, 0.4) is 0 Å². The number of rotatable bonds is 5. The Hall–Kier alpha value is -1.38. The van der Waals surface area contributed by atoms with Crippen molar-refractivity contribution >= 4 is 35.8 Å². The van der Waals surface area contributed by atoms with E-state index in [0.29, 0.717) is 5.96 Å². The molecule has 3 N–H and O–H groups in total. The molecule has 1 heterocycles. The van der Waals surface area contributed by atoms with E-state index in [0.717, 1.165) is 18.7 Å². The average Bonchev–Trinajstić information content (AvgIpc) is 2.42.